The lowest BCUT2D eigenvalue weighted by molar-refractivity contribution is 0.233. The molecule has 0 bridgehead atoms. The van der Waals surface area contributed by atoms with Gasteiger partial charge in [-0.2, -0.15) is 0 Å². The van der Waals surface area contributed by atoms with Crippen molar-refractivity contribution in [1.29, 1.82) is 0 Å². The molecule has 0 aliphatic heterocycles. The fraction of sp³-hybridized carbons (Fsp3) is 0.125. The number of hydrogen-bond donors (Lipinski definition) is 1. The van der Waals surface area contributed by atoms with Crippen LogP contribution in [0.4, 0.5) is 0 Å². The molecule has 0 aliphatic rings. The van der Waals surface area contributed by atoms with E-state index < -0.39 is 16.3 Å². The Morgan fingerprint density at radius 3 is 2.54 bits per heavy atom. The van der Waals surface area contributed by atoms with E-state index in [1.165, 1.54) is 22.3 Å². The van der Waals surface area contributed by atoms with Crippen molar-refractivity contribution in [2.24, 2.45) is 5.73 Å². The smallest absolute Gasteiger partial charge is 0.268 e. The summed E-state index contributed by atoms with van der Waals surface area (Å²) in [4.78, 5) is 0.126. The quantitative estimate of drug-likeness (QED) is 0.694. The van der Waals surface area contributed by atoms with Crippen molar-refractivity contribution in [3.05, 3.63) is 59.8 Å². The third kappa shape index (κ3) is 3.37. The molecule has 0 aliphatic carbocycles. The van der Waals surface area contributed by atoms with E-state index in [0.29, 0.717) is 21.7 Å². The highest BCUT2D eigenvalue weighted by Gasteiger charge is 2.20. The van der Waals surface area contributed by atoms with Gasteiger partial charge in [0.1, 0.15) is 12.0 Å². The molecule has 0 amide bonds. The van der Waals surface area contributed by atoms with Gasteiger partial charge >= 0.3 is 0 Å². The highest BCUT2D eigenvalue weighted by molar-refractivity contribution is 7.90. The maximum Gasteiger partial charge on any atom is 0.268 e. The molecule has 0 spiro atoms. The molecule has 8 heteroatoms. The average Bonchev–Trinajstić information content (AvgIpc) is 2.92. The molecular weight excluding hydrogens is 371 g/mol. The Hall–Kier alpha value is -1.73. The van der Waals surface area contributed by atoms with Gasteiger partial charge in [0.2, 0.25) is 0 Å². The summed E-state index contributed by atoms with van der Waals surface area (Å²) in [6, 6.07) is 13.0. The van der Waals surface area contributed by atoms with E-state index in [0.717, 1.165) is 0 Å². The van der Waals surface area contributed by atoms with E-state index in [9.17, 15) is 8.42 Å². The topological polar surface area (TPSA) is 74.3 Å². The van der Waals surface area contributed by atoms with Crippen LogP contribution < -0.4 is 10.5 Å². The number of fused-ring (bicyclic) bond motifs is 1. The second kappa shape index (κ2) is 7.03. The predicted molar refractivity (Wildman–Crippen MR) is 97.5 cm³/mol. The SMILES string of the molecule is CC(N)Oc1cccc2c1ccn2S(=O)(=O)c1cccc(Cl)c1.Cl. The second-order valence-corrected chi connectivity index (χ2v) is 7.34. The Kier molecular flexibility index (Phi) is 5.45. The lowest BCUT2D eigenvalue weighted by atomic mass is 10.2. The molecule has 1 heterocycles. The average molecular weight is 387 g/mol. The lowest BCUT2D eigenvalue weighted by Crippen LogP contribution is -2.22. The van der Waals surface area contributed by atoms with Crippen molar-refractivity contribution in [3.63, 3.8) is 0 Å². The van der Waals surface area contributed by atoms with E-state index in [2.05, 4.69) is 0 Å². The van der Waals surface area contributed by atoms with Crippen molar-refractivity contribution >= 4 is 44.9 Å². The Bertz CT molecular complexity index is 968. The molecule has 3 aromatic rings. The molecule has 24 heavy (non-hydrogen) atoms. The van der Waals surface area contributed by atoms with Crippen molar-refractivity contribution in [1.82, 2.24) is 3.97 Å². The van der Waals surface area contributed by atoms with Gasteiger partial charge in [0, 0.05) is 16.6 Å². The van der Waals surface area contributed by atoms with Gasteiger partial charge in [-0.05, 0) is 43.3 Å². The monoisotopic (exact) mass is 386 g/mol. The zero-order valence-corrected chi connectivity index (χ0v) is 15.1. The number of ether oxygens (including phenoxy) is 1. The molecule has 0 saturated carbocycles. The molecule has 3 rings (SSSR count). The summed E-state index contributed by atoms with van der Waals surface area (Å²) in [6.45, 7) is 1.71. The summed E-state index contributed by atoms with van der Waals surface area (Å²) in [5.41, 5.74) is 6.17. The van der Waals surface area contributed by atoms with Crippen LogP contribution in [0.25, 0.3) is 10.9 Å². The molecule has 1 unspecified atom stereocenters. The first kappa shape index (κ1) is 18.6. The first-order valence-electron chi connectivity index (χ1n) is 6.93. The van der Waals surface area contributed by atoms with Crippen molar-refractivity contribution in [2.45, 2.75) is 18.0 Å². The number of nitrogens with two attached hydrogens (primary N) is 1. The maximum absolute atomic E-state index is 12.8. The third-order valence-corrected chi connectivity index (χ3v) is 5.24. The Labute approximate surface area is 151 Å². The summed E-state index contributed by atoms with van der Waals surface area (Å²) in [6.07, 6.45) is 1.00. The lowest BCUT2D eigenvalue weighted by Gasteiger charge is -2.12. The maximum atomic E-state index is 12.8. The molecule has 5 nitrogen and oxygen atoms in total. The van der Waals surface area contributed by atoms with Gasteiger partial charge in [-0.1, -0.05) is 23.7 Å². The van der Waals surface area contributed by atoms with E-state index in [-0.39, 0.29) is 17.3 Å². The van der Waals surface area contributed by atoms with Gasteiger partial charge < -0.3 is 4.74 Å². The van der Waals surface area contributed by atoms with E-state index >= 15 is 0 Å². The van der Waals surface area contributed by atoms with Gasteiger partial charge in [0.15, 0.2) is 0 Å². The largest absolute Gasteiger partial charge is 0.475 e. The highest BCUT2D eigenvalue weighted by Crippen LogP contribution is 2.30. The Morgan fingerprint density at radius 1 is 1.17 bits per heavy atom. The Balaban J connectivity index is 0.00000208. The Morgan fingerprint density at radius 2 is 1.88 bits per heavy atom. The van der Waals surface area contributed by atoms with Gasteiger partial charge in [-0.25, -0.2) is 12.4 Å². The van der Waals surface area contributed by atoms with Gasteiger partial charge in [0.25, 0.3) is 10.0 Å². The van der Waals surface area contributed by atoms with Gasteiger partial charge in [0.05, 0.1) is 10.4 Å². The minimum absolute atomic E-state index is 0. The van der Waals surface area contributed by atoms with Crippen LogP contribution in [0.1, 0.15) is 6.92 Å². The van der Waals surface area contributed by atoms with Crippen LogP contribution in [0.3, 0.4) is 0 Å². The first-order chi connectivity index (χ1) is 10.9. The van der Waals surface area contributed by atoms with Gasteiger partial charge in [-0.15, -0.1) is 12.4 Å². The predicted octanol–water partition coefficient (Wildman–Crippen LogP) is 3.64. The summed E-state index contributed by atoms with van der Waals surface area (Å²) in [7, 11) is -3.74. The van der Waals surface area contributed by atoms with Crippen LogP contribution in [0.5, 0.6) is 5.75 Å². The number of hydrogen-bond acceptors (Lipinski definition) is 4. The molecule has 0 radical (unpaired) electrons. The highest BCUT2D eigenvalue weighted by atomic mass is 35.5. The zero-order valence-electron chi connectivity index (χ0n) is 12.7. The first-order valence-corrected chi connectivity index (χ1v) is 8.75. The fourth-order valence-corrected chi connectivity index (χ4v) is 4.02. The summed E-state index contributed by atoms with van der Waals surface area (Å²) < 4.78 is 32.4. The molecule has 128 valence electrons. The number of aromatic nitrogens is 1. The molecule has 2 N–H and O–H groups in total. The van der Waals surface area contributed by atoms with Crippen molar-refractivity contribution in [3.8, 4) is 5.75 Å². The number of halogens is 2. The normalized spacial score (nSPS) is 12.6. The van der Waals surface area contributed by atoms with Crippen LogP contribution in [-0.4, -0.2) is 18.6 Å². The third-order valence-electron chi connectivity index (χ3n) is 3.32. The minimum Gasteiger partial charge on any atom is -0.475 e. The minimum atomic E-state index is -3.74. The molecule has 2 aromatic carbocycles. The molecule has 0 saturated heterocycles. The van der Waals surface area contributed by atoms with Crippen LogP contribution >= 0.6 is 24.0 Å². The molecule has 1 aromatic heterocycles. The summed E-state index contributed by atoms with van der Waals surface area (Å²) >= 11 is 5.91. The van der Waals surface area contributed by atoms with E-state index in [4.69, 9.17) is 22.1 Å². The molecule has 1 atom stereocenters. The van der Waals surface area contributed by atoms with E-state index in [1.807, 2.05) is 0 Å². The second-order valence-electron chi connectivity index (χ2n) is 5.09. The van der Waals surface area contributed by atoms with Crippen molar-refractivity contribution in [2.75, 3.05) is 0 Å². The van der Waals surface area contributed by atoms with Crippen LogP contribution in [-0.2, 0) is 10.0 Å². The van der Waals surface area contributed by atoms with Gasteiger partial charge in [-0.3, -0.25) is 5.73 Å². The summed E-state index contributed by atoms with van der Waals surface area (Å²) in [5, 5.41) is 1.04. The van der Waals surface area contributed by atoms with Crippen molar-refractivity contribution < 1.29 is 13.2 Å². The fourth-order valence-electron chi connectivity index (χ4n) is 2.37. The standard InChI is InChI=1S/C16H15ClN2O3S.ClH/c1-11(18)22-16-7-3-6-15-14(16)8-9-19(15)23(20,21)13-5-2-4-12(17)10-13;/h2-11H,18H2,1H3;1H. The number of benzene rings is 2. The summed E-state index contributed by atoms with van der Waals surface area (Å²) in [5.74, 6) is 0.539. The zero-order chi connectivity index (χ0) is 16.6. The number of nitrogens with zero attached hydrogens (tertiary/aromatic N) is 1. The number of rotatable bonds is 4. The van der Waals surface area contributed by atoms with Crippen LogP contribution in [0.2, 0.25) is 5.02 Å². The van der Waals surface area contributed by atoms with E-state index in [1.54, 1.807) is 43.3 Å². The van der Waals surface area contributed by atoms with Crippen LogP contribution in [0.15, 0.2) is 59.6 Å². The molecular formula is C16H16Cl2N2O3S. The van der Waals surface area contributed by atoms with Crippen LogP contribution in [0, 0.1) is 0 Å². The molecule has 0 fully saturated rings.